The molecule has 0 aliphatic rings. The SMILES string of the molecule is O.[GaH3].[H-].[H-].[H-].[H-].[Mg+2].[Sr+2]. The van der Waals surface area contributed by atoms with E-state index in [0.29, 0.717) is 0 Å². The Labute approximate surface area is 97.6 Å². The normalized spacial score (nSPS) is 0. The molecule has 0 aromatic carbocycles. The first-order valence-corrected chi connectivity index (χ1v) is 0. The second-order valence-corrected chi connectivity index (χ2v) is 0. The Hall–Kier alpha value is 2.84. The Balaban J connectivity index is 0. The summed E-state index contributed by atoms with van der Waals surface area (Å²) >= 11 is 0. The first-order valence-electron chi connectivity index (χ1n) is 0. The molecule has 1 nitrogen and oxygen atoms in total. The Kier molecular flexibility index (Phi) is 123. The van der Waals surface area contributed by atoms with Crippen LogP contribution in [0.2, 0.25) is 0 Å². The molecule has 2 N–H and O–H groups in total. The maximum absolute atomic E-state index is 0. The molecule has 0 bridgehead atoms. The van der Waals surface area contributed by atoms with Crippen molar-refractivity contribution in [3.8, 4) is 0 Å². The number of rotatable bonds is 0. The standard InChI is InChI=1S/Ga.Mg.H2O.Sr.7H/h;;1H2;;;;;;;;/q;+2;;+2;;;;4*-1. The first kappa shape index (κ1) is 28.9. The Bertz CT molecular complexity index is 16.0. The summed E-state index contributed by atoms with van der Waals surface area (Å²) in [6.07, 6.45) is 0. The largest absolute Gasteiger partial charge is 2.00 e. The molecule has 0 rings (SSSR count). The fourth-order valence-corrected chi connectivity index (χ4v) is 0. The fraction of sp³-hybridized carbons (Fsp3) is 0. The van der Waals surface area contributed by atoms with Gasteiger partial charge in [0.15, 0.2) is 0 Å². The molecule has 0 aromatic rings. The second kappa shape index (κ2) is 17.0. The molecule has 22 valence electrons. The summed E-state index contributed by atoms with van der Waals surface area (Å²) in [4.78, 5) is 0. The van der Waals surface area contributed by atoms with E-state index in [1.165, 1.54) is 0 Å². The van der Waals surface area contributed by atoms with Crippen LogP contribution in [-0.2, 0) is 0 Å². The predicted octanol–water partition coefficient (Wildman–Crippen LogP) is -2.32. The second-order valence-electron chi connectivity index (χ2n) is 0. The molecule has 0 heterocycles. The van der Waals surface area contributed by atoms with E-state index in [9.17, 15) is 0 Å². The van der Waals surface area contributed by atoms with E-state index < -0.39 is 0 Å². The van der Waals surface area contributed by atoms with Crippen molar-refractivity contribution in [3.05, 3.63) is 0 Å². The van der Waals surface area contributed by atoms with Gasteiger partial charge >= 0.3 is 88.3 Å². The average Bonchev–Trinajstić information content (AvgIpc) is 0. The summed E-state index contributed by atoms with van der Waals surface area (Å²) in [5.41, 5.74) is 0. The van der Waals surface area contributed by atoms with Gasteiger partial charge in [0.2, 0.25) is 0 Å². The molecular formula is H9GaMgOSr. The van der Waals surface area contributed by atoms with Gasteiger partial charge in [-0.3, -0.25) is 0 Å². The van der Waals surface area contributed by atoms with Crippen LogP contribution in [0.5, 0.6) is 0 Å². The molecule has 0 fully saturated rings. The number of hydrogen-bond acceptors (Lipinski definition) is 0. The summed E-state index contributed by atoms with van der Waals surface area (Å²) in [5.74, 6) is 0. The van der Waals surface area contributed by atoms with Gasteiger partial charge in [-0.25, -0.2) is 0 Å². The third-order valence-electron chi connectivity index (χ3n) is 0. The van der Waals surface area contributed by atoms with Crippen molar-refractivity contribution in [2.45, 2.75) is 0 Å². The Morgan fingerprint density at radius 1 is 1.25 bits per heavy atom. The zero-order valence-corrected chi connectivity index (χ0v) is 6.80. The minimum absolute atomic E-state index is 0. The zero-order chi connectivity index (χ0) is 0. The summed E-state index contributed by atoms with van der Waals surface area (Å²) in [6, 6.07) is 0. The van der Waals surface area contributed by atoms with E-state index in [4.69, 9.17) is 0 Å². The minimum atomic E-state index is 0. The quantitative estimate of drug-likeness (QED) is 0.399. The first-order chi connectivity index (χ1) is 0. The summed E-state index contributed by atoms with van der Waals surface area (Å²) < 4.78 is 0. The van der Waals surface area contributed by atoms with E-state index in [1.807, 2.05) is 0 Å². The molecule has 0 unspecified atom stereocenters. The summed E-state index contributed by atoms with van der Waals surface area (Å²) in [6.45, 7) is 0. The maximum atomic E-state index is 0. The molecule has 0 radical (unpaired) electrons. The summed E-state index contributed by atoms with van der Waals surface area (Å²) in [5, 5.41) is 0. The van der Waals surface area contributed by atoms with Crippen LogP contribution in [0.15, 0.2) is 0 Å². The van der Waals surface area contributed by atoms with Gasteiger partial charge in [0.25, 0.3) is 0 Å². The van der Waals surface area contributed by atoms with Gasteiger partial charge in [-0.05, 0) is 0 Å². The van der Waals surface area contributed by atoms with Gasteiger partial charge in [0, 0.05) is 0 Å². The van der Waals surface area contributed by atoms with Crippen molar-refractivity contribution in [1.29, 1.82) is 0 Å². The third kappa shape index (κ3) is 8.85. The Morgan fingerprint density at radius 3 is 1.25 bits per heavy atom. The van der Waals surface area contributed by atoms with Crippen LogP contribution < -0.4 is 0 Å². The smallest absolute Gasteiger partial charge is 1.00 e. The van der Waals surface area contributed by atoms with Crippen LogP contribution in [0.3, 0.4) is 0 Å². The fourth-order valence-electron chi connectivity index (χ4n) is 0. The van der Waals surface area contributed by atoms with Crippen LogP contribution in [0.4, 0.5) is 0 Å². The van der Waals surface area contributed by atoms with E-state index in [2.05, 4.69) is 0 Å². The number of hydrogen-bond donors (Lipinski definition) is 0. The van der Waals surface area contributed by atoms with Gasteiger partial charge in [0.05, 0.1) is 0 Å². The molecular weight excluding hydrogens is 198 g/mol. The predicted molar refractivity (Wildman–Crippen MR) is 29.5 cm³/mol. The van der Waals surface area contributed by atoms with Gasteiger partial charge < -0.3 is 11.2 Å². The van der Waals surface area contributed by atoms with Crippen molar-refractivity contribution in [1.82, 2.24) is 0 Å². The van der Waals surface area contributed by atoms with E-state index in [-0.39, 0.29) is 99.5 Å². The van der Waals surface area contributed by atoms with Crippen LogP contribution >= 0.6 is 0 Å². The molecule has 4 heteroatoms. The van der Waals surface area contributed by atoms with Crippen molar-refractivity contribution in [2.75, 3.05) is 0 Å². The van der Waals surface area contributed by atoms with Crippen molar-refractivity contribution in [3.63, 3.8) is 0 Å². The molecule has 0 atom stereocenters. The van der Waals surface area contributed by atoms with Gasteiger partial charge in [-0.15, -0.1) is 0 Å². The molecule has 4 heavy (non-hydrogen) atoms. The molecule has 0 spiro atoms. The van der Waals surface area contributed by atoms with Crippen LogP contribution in [-0.4, -0.2) is 93.8 Å². The van der Waals surface area contributed by atoms with Crippen molar-refractivity contribution < 1.29 is 11.2 Å². The Morgan fingerprint density at radius 2 is 1.25 bits per heavy atom. The van der Waals surface area contributed by atoms with Gasteiger partial charge in [-0.2, -0.15) is 0 Å². The van der Waals surface area contributed by atoms with Crippen molar-refractivity contribution in [2.24, 2.45) is 0 Å². The molecule has 0 saturated heterocycles. The molecule has 0 amide bonds. The average molecular weight is 207 g/mol. The van der Waals surface area contributed by atoms with Gasteiger partial charge in [-0.1, -0.05) is 0 Å². The van der Waals surface area contributed by atoms with Crippen LogP contribution in [0.1, 0.15) is 5.71 Å². The van der Waals surface area contributed by atoms with E-state index >= 15 is 0 Å². The summed E-state index contributed by atoms with van der Waals surface area (Å²) in [7, 11) is 0. The minimum Gasteiger partial charge on any atom is -1.00 e. The van der Waals surface area contributed by atoms with Crippen LogP contribution in [0.25, 0.3) is 0 Å². The maximum Gasteiger partial charge on any atom is 2.00 e. The zero-order valence-electron chi connectivity index (χ0n) is 5.91. The molecule has 0 aliphatic carbocycles. The molecule has 0 saturated carbocycles. The molecule has 0 aliphatic heterocycles. The topological polar surface area (TPSA) is 31.5 Å². The molecule has 0 aromatic heterocycles. The van der Waals surface area contributed by atoms with Crippen LogP contribution in [0, 0.1) is 0 Å². The third-order valence-corrected chi connectivity index (χ3v) is 0. The van der Waals surface area contributed by atoms with Gasteiger partial charge in [0.1, 0.15) is 0 Å². The van der Waals surface area contributed by atoms with E-state index in [1.54, 1.807) is 0 Å². The van der Waals surface area contributed by atoms with Crippen molar-refractivity contribution >= 4 is 88.3 Å². The van der Waals surface area contributed by atoms with E-state index in [0.717, 1.165) is 0 Å². The monoisotopic (exact) mass is 206 g/mol.